The number of fused-ring (bicyclic) bond motifs is 1. The molecule has 0 bridgehead atoms. The summed E-state index contributed by atoms with van der Waals surface area (Å²) >= 11 is 0. The van der Waals surface area contributed by atoms with E-state index in [0.717, 1.165) is 12.1 Å². The topological polar surface area (TPSA) is 43.3 Å². The van der Waals surface area contributed by atoms with Crippen LogP contribution in [0.2, 0.25) is 0 Å². The molecule has 0 amide bonds. The fourth-order valence-corrected chi connectivity index (χ4v) is 1.89. The van der Waals surface area contributed by atoms with Crippen molar-refractivity contribution in [3.63, 3.8) is 0 Å². The van der Waals surface area contributed by atoms with Gasteiger partial charge in [-0.1, -0.05) is 0 Å². The molecule has 2 N–H and O–H groups in total. The Morgan fingerprint density at radius 1 is 1.00 bits per heavy atom. The van der Waals surface area contributed by atoms with E-state index in [2.05, 4.69) is 4.98 Å². The van der Waals surface area contributed by atoms with Crippen molar-refractivity contribution in [2.45, 2.75) is 0 Å². The number of benzene rings is 1. The SMILES string of the molecule is Nc1c(-c2ccc(F)c(F)c2)nc2ccc(F)cn12. The van der Waals surface area contributed by atoms with Crippen LogP contribution < -0.4 is 5.73 Å². The van der Waals surface area contributed by atoms with E-state index in [0.29, 0.717) is 11.2 Å². The second-order valence-corrected chi connectivity index (χ2v) is 4.05. The molecule has 96 valence electrons. The number of pyridine rings is 1. The van der Waals surface area contributed by atoms with Crippen molar-refractivity contribution in [1.82, 2.24) is 9.38 Å². The summed E-state index contributed by atoms with van der Waals surface area (Å²) in [4.78, 5) is 4.18. The van der Waals surface area contributed by atoms with E-state index < -0.39 is 17.5 Å². The third-order valence-corrected chi connectivity index (χ3v) is 2.81. The summed E-state index contributed by atoms with van der Waals surface area (Å²) in [5.41, 5.74) is 6.89. The molecule has 0 atom stereocenters. The van der Waals surface area contributed by atoms with Gasteiger partial charge in [0.1, 0.15) is 23.0 Å². The molecule has 3 rings (SSSR count). The first-order valence-electron chi connectivity index (χ1n) is 5.45. The number of anilines is 1. The molecule has 0 fully saturated rings. The highest BCUT2D eigenvalue weighted by Gasteiger charge is 2.13. The minimum atomic E-state index is -0.986. The Hall–Kier alpha value is -2.50. The minimum Gasteiger partial charge on any atom is -0.383 e. The molecule has 6 heteroatoms. The largest absolute Gasteiger partial charge is 0.383 e. The normalized spacial score (nSPS) is 11.1. The lowest BCUT2D eigenvalue weighted by Gasteiger charge is -2.00. The number of imidazole rings is 1. The molecule has 0 saturated carbocycles. The van der Waals surface area contributed by atoms with Crippen LogP contribution in [-0.4, -0.2) is 9.38 Å². The van der Waals surface area contributed by atoms with E-state index in [1.165, 1.54) is 28.8 Å². The second-order valence-electron chi connectivity index (χ2n) is 4.05. The Labute approximate surface area is 106 Å². The molecule has 0 aliphatic rings. The van der Waals surface area contributed by atoms with Gasteiger partial charge in [0.2, 0.25) is 0 Å². The highest BCUT2D eigenvalue weighted by atomic mass is 19.2. The van der Waals surface area contributed by atoms with Gasteiger partial charge in [-0.25, -0.2) is 18.2 Å². The molecule has 19 heavy (non-hydrogen) atoms. The first-order chi connectivity index (χ1) is 9.06. The van der Waals surface area contributed by atoms with Gasteiger partial charge in [0.25, 0.3) is 0 Å². The molecular formula is C13H8F3N3. The Balaban J connectivity index is 2.24. The van der Waals surface area contributed by atoms with Gasteiger partial charge in [-0.3, -0.25) is 4.40 Å². The summed E-state index contributed by atoms with van der Waals surface area (Å²) in [6, 6.07) is 6.07. The number of nitrogens with two attached hydrogens (primary N) is 1. The van der Waals surface area contributed by atoms with Crippen molar-refractivity contribution in [3.8, 4) is 11.3 Å². The van der Waals surface area contributed by atoms with E-state index in [1.807, 2.05) is 0 Å². The maximum atomic E-state index is 13.2. The van der Waals surface area contributed by atoms with Gasteiger partial charge in [-0.15, -0.1) is 0 Å². The first-order valence-corrected chi connectivity index (χ1v) is 5.45. The molecule has 0 unspecified atom stereocenters. The zero-order chi connectivity index (χ0) is 13.6. The maximum Gasteiger partial charge on any atom is 0.159 e. The zero-order valence-electron chi connectivity index (χ0n) is 9.57. The third kappa shape index (κ3) is 1.81. The molecule has 2 heterocycles. The van der Waals surface area contributed by atoms with Crippen LogP contribution in [-0.2, 0) is 0 Å². The lowest BCUT2D eigenvalue weighted by molar-refractivity contribution is 0.509. The Bertz CT molecular complexity index is 780. The molecule has 0 aliphatic carbocycles. The van der Waals surface area contributed by atoms with Crippen LogP contribution in [0.25, 0.3) is 16.9 Å². The molecule has 2 aromatic heterocycles. The van der Waals surface area contributed by atoms with E-state index in [1.54, 1.807) is 0 Å². The number of hydrogen-bond donors (Lipinski definition) is 1. The minimum absolute atomic E-state index is 0.167. The van der Waals surface area contributed by atoms with E-state index in [9.17, 15) is 13.2 Å². The van der Waals surface area contributed by atoms with Gasteiger partial charge < -0.3 is 5.73 Å². The summed E-state index contributed by atoms with van der Waals surface area (Å²) in [6.07, 6.45) is 1.18. The molecule has 1 aromatic carbocycles. The number of rotatable bonds is 1. The van der Waals surface area contributed by atoms with Crippen molar-refractivity contribution in [1.29, 1.82) is 0 Å². The van der Waals surface area contributed by atoms with Crippen molar-refractivity contribution in [2.24, 2.45) is 0 Å². The lowest BCUT2D eigenvalue weighted by Crippen LogP contribution is -1.95. The zero-order valence-corrected chi connectivity index (χ0v) is 9.57. The third-order valence-electron chi connectivity index (χ3n) is 2.81. The molecule has 0 radical (unpaired) electrons. The highest BCUT2D eigenvalue weighted by Crippen LogP contribution is 2.27. The van der Waals surface area contributed by atoms with E-state index in [4.69, 9.17) is 5.73 Å². The fourth-order valence-electron chi connectivity index (χ4n) is 1.89. The number of halogens is 3. The fraction of sp³-hybridized carbons (Fsp3) is 0. The van der Waals surface area contributed by atoms with Gasteiger partial charge in [-0.05, 0) is 30.3 Å². The number of aromatic nitrogens is 2. The monoisotopic (exact) mass is 263 g/mol. The quantitative estimate of drug-likeness (QED) is 0.733. The summed E-state index contributed by atoms with van der Waals surface area (Å²) in [6.45, 7) is 0. The number of nitrogens with zero attached hydrogens (tertiary/aromatic N) is 2. The van der Waals surface area contributed by atoms with Gasteiger partial charge in [0.05, 0.1) is 0 Å². The standard InChI is InChI=1S/C13H8F3N3/c14-8-2-4-11-18-12(13(17)19(11)6-8)7-1-3-9(15)10(16)5-7/h1-6H,17H2. The Kier molecular flexibility index (Phi) is 2.45. The number of nitrogen functional groups attached to an aromatic ring is 1. The van der Waals surface area contributed by atoms with Crippen molar-refractivity contribution in [2.75, 3.05) is 5.73 Å². The van der Waals surface area contributed by atoms with Gasteiger partial charge in [-0.2, -0.15) is 0 Å². The average Bonchev–Trinajstić information content (AvgIpc) is 2.70. The molecule has 0 saturated heterocycles. The number of hydrogen-bond acceptors (Lipinski definition) is 2. The molecule has 3 nitrogen and oxygen atoms in total. The van der Waals surface area contributed by atoms with E-state index in [-0.39, 0.29) is 11.5 Å². The summed E-state index contributed by atoms with van der Waals surface area (Å²) in [5, 5.41) is 0. The Morgan fingerprint density at radius 2 is 1.79 bits per heavy atom. The van der Waals surface area contributed by atoms with Gasteiger partial charge in [0, 0.05) is 11.8 Å². The predicted molar refractivity (Wildman–Crippen MR) is 64.9 cm³/mol. The lowest BCUT2D eigenvalue weighted by atomic mass is 10.1. The average molecular weight is 263 g/mol. The molecule has 3 aromatic rings. The molecule has 0 aliphatic heterocycles. The van der Waals surface area contributed by atoms with Crippen LogP contribution in [0.5, 0.6) is 0 Å². The van der Waals surface area contributed by atoms with Crippen LogP contribution in [0, 0.1) is 17.5 Å². The maximum absolute atomic E-state index is 13.2. The van der Waals surface area contributed by atoms with Crippen LogP contribution >= 0.6 is 0 Å². The predicted octanol–water partition coefficient (Wildman–Crippen LogP) is 3.00. The van der Waals surface area contributed by atoms with Gasteiger partial charge >= 0.3 is 0 Å². The highest BCUT2D eigenvalue weighted by molar-refractivity contribution is 5.74. The van der Waals surface area contributed by atoms with Crippen LogP contribution in [0.3, 0.4) is 0 Å². The summed E-state index contributed by atoms with van der Waals surface area (Å²) < 4.78 is 40.6. The van der Waals surface area contributed by atoms with Crippen LogP contribution in [0.4, 0.5) is 19.0 Å². The van der Waals surface area contributed by atoms with Crippen molar-refractivity contribution >= 4 is 11.5 Å². The summed E-state index contributed by atoms with van der Waals surface area (Å²) in [7, 11) is 0. The van der Waals surface area contributed by atoms with Crippen molar-refractivity contribution in [3.05, 3.63) is 54.0 Å². The smallest absolute Gasteiger partial charge is 0.159 e. The van der Waals surface area contributed by atoms with Crippen molar-refractivity contribution < 1.29 is 13.2 Å². The van der Waals surface area contributed by atoms with E-state index >= 15 is 0 Å². The molecule has 0 spiro atoms. The first kappa shape index (κ1) is 11.6. The van der Waals surface area contributed by atoms with Crippen LogP contribution in [0.15, 0.2) is 36.5 Å². The Morgan fingerprint density at radius 3 is 2.53 bits per heavy atom. The summed E-state index contributed by atoms with van der Waals surface area (Å²) in [5.74, 6) is -2.23. The van der Waals surface area contributed by atoms with Gasteiger partial charge in [0.15, 0.2) is 11.6 Å². The second kappa shape index (κ2) is 4.01. The van der Waals surface area contributed by atoms with Crippen LogP contribution in [0.1, 0.15) is 0 Å². The molecular weight excluding hydrogens is 255 g/mol.